The number of para-hydroxylation sites is 3. The average Bonchev–Trinajstić information content (AvgIpc) is 3.04. The number of aromatic carboxylic acids is 3. The monoisotopic (exact) mass is 648 g/mol. The Labute approximate surface area is 283 Å². The second-order valence-electron chi connectivity index (χ2n) is 10.0. The number of carbonyl (C=O) groups is 3. The third kappa shape index (κ3) is 17.5. The number of carboxylic acids is 3. The van der Waals surface area contributed by atoms with E-state index in [0.29, 0.717) is 37.1 Å². The molecule has 9 nitrogen and oxygen atoms in total. The van der Waals surface area contributed by atoms with Gasteiger partial charge in [0.2, 0.25) is 0 Å². The van der Waals surface area contributed by atoms with E-state index in [1.807, 2.05) is 0 Å². The van der Waals surface area contributed by atoms with Gasteiger partial charge in [0.1, 0.15) is 17.2 Å². The molecule has 10 heteroatoms. The molecule has 0 amide bonds. The SMILES string of the molecule is CCCCCOc1ccccc1C(=O)[O-].CCCCCOc1ccccc1C(=O)[O-].CCCCCOc1ccccc1C(=O)[O-].[Al+3]. The van der Waals surface area contributed by atoms with Crippen LogP contribution in [0.5, 0.6) is 17.2 Å². The molecule has 0 aliphatic heterocycles. The standard InChI is InChI=1S/3C12H16O3.Al/c3*1-2-3-6-9-15-11-8-5-4-7-10(11)12(13)14;/h3*4-5,7-8H,2-3,6,9H2,1H3,(H,13,14);/q;;;+3/p-3. The van der Waals surface area contributed by atoms with Crippen LogP contribution >= 0.6 is 0 Å². The number of hydrogen-bond acceptors (Lipinski definition) is 9. The maximum absolute atomic E-state index is 10.7. The second kappa shape index (κ2) is 26.2. The summed E-state index contributed by atoms with van der Waals surface area (Å²) >= 11 is 0. The van der Waals surface area contributed by atoms with E-state index in [9.17, 15) is 29.7 Å². The van der Waals surface area contributed by atoms with E-state index in [-0.39, 0.29) is 34.1 Å². The largest absolute Gasteiger partial charge is 3.00 e. The summed E-state index contributed by atoms with van der Waals surface area (Å²) in [4.78, 5) is 32.2. The molecule has 3 rings (SSSR count). The van der Waals surface area contributed by atoms with Gasteiger partial charge in [-0.15, -0.1) is 0 Å². The third-order valence-electron chi connectivity index (χ3n) is 6.34. The maximum atomic E-state index is 10.7. The van der Waals surface area contributed by atoms with Crippen molar-refractivity contribution in [1.82, 2.24) is 0 Å². The normalized spacial score (nSPS) is 9.72. The number of carboxylic acid groups (broad SMARTS) is 3. The van der Waals surface area contributed by atoms with Crippen molar-refractivity contribution in [3.63, 3.8) is 0 Å². The summed E-state index contributed by atoms with van der Waals surface area (Å²) in [5.41, 5.74) is 0.358. The van der Waals surface area contributed by atoms with Crippen molar-refractivity contribution >= 4 is 35.3 Å². The number of carbonyl (C=O) groups excluding carboxylic acids is 3. The summed E-state index contributed by atoms with van der Waals surface area (Å²) in [6, 6.07) is 19.6. The molecule has 3 aromatic carbocycles. The van der Waals surface area contributed by atoms with Gasteiger partial charge in [0.15, 0.2) is 0 Å². The zero-order valence-corrected chi connectivity index (χ0v) is 28.3. The molecule has 0 atom stereocenters. The van der Waals surface area contributed by atoms with Crippen LogP contribution < -0.4 is 29.5 Å². The fourth-order valence-electron chi connectivity index (χ4n) is 3.89. The molecular weight excluding hydrogens is 603 g/mol. The Hall–Kier alpha value is -4.00. The van der Waals surface area contributed by atoms with Crippen molar-refractivity contribution in [2.24, 2.45) is 0 Å². The van der Waals surface area contributed by atoms with Crippen molar-refractivity contribution in [2.75, 3.05) is 19.8 Å². The molecule has 0 aromatic heterocycles. The molecule has 0 saturated heterocycles. The van der Waals surface area contributed by atoms with Crippen molar-refractivity contribution in [1.29, 1.82) is 0 Å². The molecule has 0 aliphatic rings. The van der Waals surface area contributed by atoms with Crippen LogP contribution in [0.4, 0.5) is 0 Å². The Morgan fingerprint density at radius 1 is 0.457 bits per heavy atom. The Bertz CT molecular complexity index is 1120. The molecule has 46 heavy (non-hydrogen) atoms. The zero-order valence-electron chi connectivity index (χ0n) is 27.2. The van der Waals surface area contributed by atoms with Crippen LogP contribution in [0.2, 0.25) is 0 Å². The van der Waals surface area contributed by atoms with Crippen LogP contribution in [-0.2, 0) is 0 Å². The topological polar surface area (TPSA) is 148 Å². The van der Waals surface area contributed by atoms with E-state index >= 15 is 0 Å². The first-order valence-electron chi connectivity index (χ1n) is 15.6. The van der Waals surface area contributed by atoms with Crippen molar-refractivity contribution in [3.05, 3.63) is 89.5 Å². The number of benzene rings is 3. The predicted octanol–water partition coefficient (Wildman–Crippen LogP) is 4.48. The fraction of sp³-hybridized carbons (Fsp3) is 0.417. The van der Waals surface area contributed by atoms with Crippen molar-refractivity contribution in [2.45, 2.75) is 78.6 Å². The molecule has 3 aromatic rings. The van der Waals surface area contributed by atoms with Gasteiger partial charge in [0.05, 0.1) is 37.7 Å². The number of hydrogen-bond donors (Lipinski definition) is 0. The first-order valence-corrected chi connectivity index (χ1v) is 15.6. The van der Waals surface area contributed by atoms with Crippen LogP contribution in [0.1, 0.15) is 110 Å². The molecule has 0 aliphatic carbocycles. The van der Waals surface area contributed by atoms with E-state index in [1.165, 1.54) is 18.2 Å². The summed E-state index contributed by atoms with van der Waals surface area (Å²) < 4.78 is 16.1. The Morgan fingerprint density at radius 3 is 0.913 bits per heavy atom. The quantitative estimate of drug-likeness (QED) is 0.144. The molecule has 0 spiro atoms. The molecule has 0 radical (unpaired) electrons. The van der Waals surface area contributed by atoms with Crippen molar-refractivity contribution < 1.29 is 43.9 Å². The van der Waals surface area contributed by atoms with Crippen LogP contribution in [0, 0.1) is 0 Å². The maximum Gasteiger partial charge on any atom is 3.00 e. The van der Waals surface area contributed by atoms with Crippen LogP contribution in [0.25, 0.3) is 0 Å². The summed E-state index contributed by atoms with van der Waals surface area (Å²) in [6.07, 6.45) is 9.45. The van der Waals surface area contributed by atoms with Gasteiger partial charge >= 0.3 is 17.4 Å². The van der Waals surface area contributed by atoms with Gasteiger partial charge in [0.25, 0.3) is 0 Å². The number of rotatable bonds is 18. The first-order chi connectivity index (χ1) is 21.8. The predicted molar refractivity (Wildman–Crippen MR) is 173 cm³/mol. The number of unbranched alkanes of at least 4 members (excludes halogenated alkanes) is 6. The van der Waals surface area contributed by atoms with E-state index in [2.05, 4.69) is 20.8 Å². The van der Waals surface area contributed by atoms with Crippen LogP contribution in [-0.4, -0.2) is 55.1 Å². The molecule has 0 bridgehead atoms. The van der Waals surface area contributed by atoms with Gasteiger partial charge in [-0.1, -0.05) is 95.7 Å². The molecular formula is C36H45AlO9. The van der Waals surface area contributed by atoms with E-state index in [0.717, 1.165) is 57.8 Å². The van der Waals surface area contributed by atoms with E-state index in [4.69, 9.17) is 14.2 Å². The summed E-state index contributed by atoms with van der Waals surface area (Å²) in [5.74, 6) is -2.39. The number of ether oxygens (including phenoxy) is 3. The Kier molecular flexibility index (Phi) is 24.0. The summed E-state index contributed by atoms with van der Waals surface area (Å²) in [5, 5.41) is 32.2. The molecule has 0 saturated carbocycles. The Balaban J connectivity index is 0.000000653. The van der Waals surface area contributed by atoms with E-state index < -0.39 is 17.9 Å². The minimum Gasteiger partial charge on any atom is -0.545 e. The summed E-state index contributed by atoms with van der Waals surface area (Å²) in [6.45, 7) is 7.98. The minimum atomic E-state index is -1.19. The first kappa shape index (κ1) is 42.0. The third-order valence-corrected chi connectivity index (χ3v) is 6.34. The second-order valence-corrected chi connectivity index (χ2v) is 10.0. The van der Waals surface area contributed by atoms with E-state index in [1.54, 1.807) is 54.6 Å². The van der Waals surface area contributed by atoms with Crippen LogP contribution in [0.3, 0.4) is 0 Å². The average molecular weight is 649 g/mol. The summed E-state index contributed by atoms with van der Waals surface area (Å²) in [7, 11) is 0. The molecule has 0 heterocycles. The smallest absolute Gasteiger partial charge is 0.545 e. The molecule has 246 valence electrons. The zero-order chi connectivity index (χ0) is 33.3. The van der Waals surface area contributed by atoms with Crippen LogP contribution in [0.15, 0.2) is 72.8 Å². The molecule has 0 fully saturated rings. The van der Waals surface area contributed by atoms with Gasteiger partial charge in [-0.3, -0.25) is 0 Å². The van der Waals surface area contributed by atoms with Gasteiger partial charge in [-0.25, -0.2) is 0 Å². The van der Waals surface area contributed by atoms with Crippen molar-refractivity contribution in [3.8, 4) is 17.2 Å². The fourth-order valence-corrected chi connectivity index (χ4v) is 3.89. The molecule has 0 unspecified atom stereocenters. The van der Waals surface area contributed by atoms with Gasteiger partial charge in [0, 0.05) is 16.7 Å². The van der Waals surface area contributed by atoms with Gasteiger partial charge in [-0.05, 0) is 55.7 Å². The molecule has 0 N–H and O–H groups in total. The minimum absolute atomic E-state index is 0. The Morgan fingerprint density at radius 2 is 0.696 bits per heavy atom. The van der Waals surface area contributed by atoms with Gasteiger partial charge in [-0.2, -0.15) is 0 Å². The van der Waals surface area contributed by atoms with Gasteiger partial charge < -0.3 is 43.9 Å².